The van der Waals surface area contributed by atoms with Gasteiger partial charge < -0.3 is 15.5 Å². The number of rotatable bonds is 7. The van der Waals surface area contributed by atoms with Crippen LogP contribution in [0.2, 0.25) is 0 Å². The molecule has 0 radical (unpaired) electrons. The maximum Gasteiger partial charge on any atom is 0.307 e. The van der Waals surface area contributed by atoms with Crippen LogP contribution in [0.4, 0.5) is 0 Å². The monoisotopic (exact) mass is 251 g/mol. The molecule has 1 rings (SSSR count). The number of hydrogen-bond acceptors (Lipinski definition) is 3. The van der Waals surface area contributed by atoms with Gasteiger partial charge in [-0.25, -0.2) is 0 Å². The van der Waals surface area contributed by atoms with E-state index in [1.807, 2.05) is 38.1 Å². The van der Waals surface area contributed by atoms with Crippen LogP contribution in [0.5, 0.6) is 0 Å². The van der Waals surface area contributed by atoms with Crippen molar-refractivity contribution in [2.45, 2.75) is 38.8 Å². The molecule has 3 N–H and O–H groups in total. The molecule has 0 aliphatic rings. The quantitative estimate of drug-likeness (QED) is 0.688. The highest BCUT2D eigenvalue weighted by atomic mass is 16.4. The minimum absolute atomic E-state index is 0.0276. The Labute approximate surface area is 108 Å². The normalized spacial score (nSPS) is 14.2. The molecule has 0 aliphatic carbocycles. The maximum atomic E-state index is 10.8. The van der Waals surface area contributed by atoms with Gasteiger partial charge in [0.1, 0.15) is 0 Å². The summed E-state index contributed by atoms with van der Waals surface area (Å²) in [6.07, 6.45) is 0.838. The van der Waals surface area contributed by atoms with E-state index >= 15 is 0 Å². The molecular weight excluding hydrogens is 230 g/mol. The van der Waals surface area contributed by atoms with Crippen molar-refractivity contribution >= 4 is 5.97 Å². The summed E-state index contributed by atoms with van der Waals surface area (Å²) >= 11 is 0. The number of carbonyl (C=O) groups is 1. The molecule has 0 aromatic heterocycles. The molecule has 0 saturated heterocycles. The number of benzene rings is 1. The van der Waals surface area contributed by atoms with Crippen LogP contribution in [0.15, 0.2) is 24.3 Å². The van der Waals surface area contributed by atoms with Crippen LogP contribution in [-0.4, -0.2) is 28.3 Å². The lowest BCUT2D eigenvalue weighted by Crippen LogP contribution is -2.44. The zero-order chi connectivity index (χ0) is 13.6. The van der Waals surface area contributed by atoms with Gasteiger partial charge in [0.25, 0.3) is 0 Å². The van der Waals surface area contributed by atoms with Crippen LogP contribution in [0.25, 0.3) is 0 Å². The molecular formula is C14H21NO3. The van der Waals surface area contributed by atoms with E-state index in [1.54, 1.807) is 0 Å². The fraction of sp³-hybridized carbons (Fsp3) is 0.500. The number of aliphatic carboxylic acids is 1. The largest absolute Gasteiger partial charge is 0.481 e. The zero-order valence-corrected chi connectivity index (χ0v) is 10.9. The number of carboxylic acid groups (broad SMARTS) is 1. The van der Waals surface area contributed by atoms with E-state index in [9.17, 15) is 9.90 Å². The molecule has 0 bridgehead atoms. The Kier molecular flexibility index (Phi) is 5.31. The minimum atomic E-state index is -0.831. The predicted molar refractivity (Wildman–Crippen MR) is 70.4 cm³/mol. The molecule has 4 nitrogen and oxygen atoms in total. The molecule has 100 valence electrons. The number of hydrogen-bond donors (Lipinski definition) is 3. The van der Waals surface area contributed by atoms with Gasteiger partial charge in [0.05, 0.1) is 13.0 Å². The molecule has 0 fully saturated rings. The summed E-state index contributed by atoms with van der Waals surface area (Å²) < 4.78 is 0. The SMILES string of the molecule is CCC(C)(CO)NCc1ccccc1CC(=O)O. The Morgan fingerprint density at radius 2 is 1.94 bits per heavy atom. The van der Waals surface area contributed by atoms with Crippen LogP contribution < -0.4 is 5.32 Å². The van der Waals surface area contributed by atoms with Gasteiger partial charge in [0.15, 0.2) is 0 Å². The number of carboxylic acids is 1. The first kappa shape index (κ1) is 14.7. The Balaban J connectivity index is 2.75. The highest BCUT2D eigenvalue weighted by molar-refractivity contribution is 5.70. The van der Waals surface area contributed by atoms with Gasteiger partial charge in [0, 0.05) is 12.1 Å². The Bertz CT molecular complexity index is 400. The average molecular weight is 251 g/mol. The lowest BCUT2D eigenvalue weighted by Gasteiger charge is -2.27. The first-order chi connectivity index (χ1) is 8.50. The summed E-state index contributed by atoms with van der Waals surface area (Å²) in [6, 6.07) is 7.48. The topological polar surface area (TPSA) is 69.6 Å². The Hall–Kier alpha value is -1.39. The van der Waals surface area contributed by atoms with Crippen molar-refractivity contribution in [3.63, 3.8) is 0 Å². The molecule has 0 amide bonds. The summed E-state index contributed by atoms with van der Waals surface area (Å²) in [5, 5.41) is 21.5. The van der Waals surface area contributed by atoms with Crippen molar-refractivity contribution in [2.24, 2.45) is 0 Å². The molecule has 1 atom stereocenters. The molecule has 1 aromatic carbocycles. The smallest absolute Gasteiger partial charge is 0.307 e. The number of nitrogens with one attached hydrogen (secondary N) is 1. The molecule has 0 aliphatic heterocycles. The van der Waals surface area contributed by atoms with E-state index in [-0.39, 0.29) is 18.6 Å². The summed E-state index contributed by atoms with van der Waals surface area (Å²) in [7, 11) is 0. The van der Waals surface area contributed by atoms with E-state index in [0.29, 0.717) is 6.54 Å². The van der Waals surface area contributed by atoms with E-state index < -0.39 is 5.97 Å². The predicted octanol–water partition coefficient (Wildman–Crippen LogP) is 1.56. The van der Waals surface area contributed by atoms with E-state index in [2.05, 4.69) is 5.32 Å². The van der Waals surface area contributed by atoms with Crippen LogP contribution in [-0.2, 0) is 17.8 Å². The summed E-state index contributed by atoms with van der Waals surface area (Å²) in [5.41, 5.74) is 1.46. The van der Waals surface area contributed by atoms with Crippen molar-refractivity contribution in [3.05, 3.63) is 35.4 Å². The van der Waals surface area contributed by atoms with Gasteiger partial charge in [0.2, 0.25) is 0 Å². The van der Waals surface area contributed by atoms with Gasteiger partial charge in [-0.15, -0.1) is 0 Å². The van der Waals surface area contributed by atoms with Crippen molar-refractivity contribution in [1.29, 1.82) is 0 Å². The molecule has 1 aromatic rings. The molecule has 18 heavy (non-hydrogen) atoms. The lowest BCUT2D eigenvalue weighted by atomic mass is 9.98. The fourth-order valence-electron chi connectivity index (χ4n) is 1.67. The van der Waals surface area contributed by atoms with Crippen LogP contribution in [0, 0.1) is 0 Å². The third kappa shape index (κ3) is 4.13. The molecule has 4 heteroatoms. The summed E-state index contributed by atoms with van der Waals surface area (Å²) in [6.45, 7) is 4.58. The van der Waals surface area contributed by atoms with Crippen LogP contribution >= 0.6 is 0 Å². The summed E-state index contributed by atoms with van der Waals surface area (Å²) in [4.78, 5) is 10.8. The van der Waals surface area contributed by atoms with Gasteiger partial charge in [-0.3, -0.25) is 4.79 Å². The lowest BCUT2D eigenvalue weighted by molar-refractivity contribution is -0.136. The van der Waals surface area contributed by atoms with E-state index in [4.69, 9.17) is 5.11 Å². The second kappa shape index (κ2) is 6.52. The van der Waals surface area contributed by atoms with Gasteiger partial charge in [-0.2, -0.15) is 0 Å². The van der Waals surface area contributed by atoms with E-state index in [1.165, 1.54) is 0 Å². The summed E-state index contributed by atoms with van der Waals surface area (Å²) in [5.74, 6) is -0.831. The van der Waals surface area contributed by atoms with Gasteiger partial charge >= 0.3 is 5.97 Å². The van der Waals surface area contributed by atoms with Crippen LogP contribution in [0.3, 0.4) is 0 Å². The third-order valence-electron chi connectivity index (χ3n) is 3.29. The van der Waals surface area contributed by atoms with Gasteiger partial charge in [-0.05, 0) is 24.5 Å². The van der Waals surface area contributed by atoms with Crippen molar-refractivity contribution in [1.82, 2.24) is 5.32 Å². The standard InChI is InChI=1S/C14H21NO3/c1-3-14(2,10-16)15-9-12-7-5-4-6-11(12)8-13(17)18/h4-7,15-16H,3,8-10H2,1-2H3,(H,17,18). The zero-order valence-electron chi connectivity index (χ0n) is 10.9. The van der Waals surface area contributed by atoms with Crippen molar-refractivity contribution in [3.8, 4) is 0 Å². The molecule has 1 unspecified atom stereocenters. The average Bonchev–Trinajstić information content (AvgIpc) is 2.37. The fourth-order valence-corrected chi connectivity index (χ4v) is 1.67. The first-order valence-electron chi connectivity index (χ1n) is 6.15. The highest BCUT2D eigenvalue weighted by Crippen LogP contribution is 2.13. The molecule has 0 heterocycles. The second-order valence-corrected chi connectivity index (χ2v) is 4.77. The Morgan fingerprint density at radius 3 is 2.44 bits per heavy atom. The first-order valence-corrected chi connectivity index (χ1v) is 6.15. The van der Waals surface area contributed by atoms with Crippen molar-refractivity contribution in [2.75, 3.05) is 6.61 Å². The van der Waals surface area contributed by atoms with Crippen molar-refractivity contribution < 1.29 is 15.0 Å². The highest BCUT2D eigenvalue weighted by Gasteiger charge is 2.20. The van der Waals surface area contributed by atoms with Gasteiger partial charge in [-0.1, -0.05) is 31.2 Å². The van der Waals surface area contributed by atoms with E-state index in [0.717, 1.165) is 17.5 Å². The maximum absolute atomic E-state index is 10.8. The second-order valence-electron chi connectivity index (χ2n) is 4.77. The van der Waals surface area contributed by atoms with Crippen LogP contribution in [0.1, 0.15) is 31.4 Å². The Morgan fingerprint density at radius 1 is 1.33 bits per heavy atom. The molecule has 0 spiro atoms. The minimum Gasteiger partial charge on any atom is -0.481 e. The third-order valence-corrected chi connectivity index (χ3v) is 3.29. The number of aliphatic hydroxyl groups is 1. The molecule has 0 saturated carbocycles. The number of aliphatic hydroxyl groups excluding tert-OH is 1.